The summed E-state index contributed by atoms with van der Waals surface area (Å²) < 4.78 is 0. The van der Waals surface area contributed by atoms with E-state index in [1.807, 2.05) is 31.6 Å². The lowest BCUT2D eigenvalue weighted by molar-refractivity contribution is 0.420. The Labute approximate surface area is 130 Å². The van der Waals surface area contributed by atoms with Gasteiger partial charge in [-0.2, -0.15) is 5.10 Å². The molecule has 5 nitrogen and oxygen atoms in total. The van der Waals surface area contributed by atoms with Crippen LogP contribution in [0.2, 0.25) is 0 Å². The Bertz CT molecular complexity index is 570. The summed E-state index contributed by atoms with van der Waals surface area (Å²) in [5.74, 6) is 0.877. The zero-order chi connectivity index (χ0) is 15.5. The molecule has 114 valence electrons. The first-order chi connectivity index (χ1) is 9.85. The van der Waals surface area contributed by atoms with E-state index in [1.54, 1.807) is 11.3 Å². The molecule has 0 saturated carbocycles. The van der Waals surface area contributed by atoms with E-state index in [9.17, 15) is 0 Å². The molecule has 0 aliphatic rings. The Balaban J connectivity index is 1.96. The summed E-state index contributed by atoms with van der Waals surface area (Å²) >= 11 is 1.68. The summed E-state index contributed by atoms with van der Waals surface area (Å²) in [5, 5.41) is 12.0. The minimum atomic E-state index is 0.0842. The lowest BCUT2D eigenvalue weighted by Gasteiger charge is -2.20. The minimum Gasteiger partial charge on any atom is -0.353 e. The Morgan fingerprint density at radius 3 is 2.52 bits per heavy atom. The summed E-state index contributed by atoms with van der Waals surface area (Å²) in [7, 11) is 2.02. The first kappa shape index (κ1) is 15.9. The number of hydrogen-bond acceptors (Lipinski definition) is 6. The Kier molecular flexibility index (Phi) is 4.90. The zero-order valence-electron chi connectivity index (χ0n) is 13.3. The van der Waals surface area contributed by atoms with Crippen LogP contribution in [0.4, 0.5) is 5.82 Å². The molecule has 0 unspecified atom stereocenters. The lowest BCUT2D eigenvalue weighted by atomic mass is 10.1. The maximum absolute atomic E-state index is 4.31. The van der Waals surface area contributed by atoms with Crippen molar-refractivity contribution in [2.24, 2.45) is 0 Å². The second kappa shape index (κ2) is 6.49. The molecule has 2 aromatic heterocycles. The summed E-state index contributed by atoms with van der Waals surface area (Å²) in [6.07, 6.45) is 0. The molecule has 0 aliphatic carbocycles. The van der Waals surface area contributed by atoms with Gasteiger partial charge in [0.25, 0.3) is 0 Å². The van der Waals surface area contributed by atoms with Crippen LogP contribution in [0.15, 0.2) is 17.6 Å². The predicted molar refractivity (Wildman–Crippen MR) is 87.6 cm³/mol. The number of nitrogens with zero attached hydrogens (tertiary/aromatic N) is 4. The van der Waals surface area contributed by atoms with Gasteiger partial charge in [0.2, 0.25) is 0 Å². The number of thiazole rings is 1. The molecule has 0 fully saturated rings. The largest absolute Gasteiger partial charge is 0.353 e. The van der Waals surface area contributed by atoms with Crippen LogP contribution in [0.3, 0.4) is 0 Å². The van der Waals surface area contributed by atoms with E-state index in [4.69, 9.17) is 0 Å². The van der Waals surface area contributed by atoms with E-state index < -0.39 is 0 Å². The average Bonchev–Trinajstić information content (AvgIpc) is 2.82. The molecule has 0 aromatic carbocycles. The quantitative estimate of drug-likeness (QED) is 0.920. The third kappa shape index (κ3) is 4.75. The maximum atomic E-state index is 4.31. The highest BCUT2D eigenvalue weighted by Gasteiger charge is 2.11. The number of aromatic nitrogens is 3. The van der Waals surface area contributed by atoms with Crippen molar-refractivity contribution in [2.75, 3.05) is 11.9 Å². The third-order valence-corrected chi connectivity index (χ3v) is 4.04. The van der Waals surface area contributed by atoms with Gasteiger partial charge in [0, 0.05) is 24.0 Å². The van der Waals surface area contributed by atoms with Crippen molar-refractivity contribution in [2.45, 2.75) is 46.3 Å². The van der Waals surface area contributed by atoms with E-state index in [0.717, 1.165) is 30.3 Å². The Hall–Kier alpha value is -1.53. The summed E-state index contributed by atoms with van der Waals surface area (Å²) in [4.78, 5) is 7.63. The highest BCUT2D eigenvalue weighted by molar-refractivity contribution is 7.09. The predicted octanol–water partition coefficient (Wildman–Crippen LogP) is 2.77. The Morgan fingerprint density at radius 1 is 1.24 bits per heavy atom. The second-order valence-electron chi connectivity index (χ2n) is 6.20. The van der Waals surface area contributed by atoms with E-state index in [2.05, 4.69) is 46.2 Å². The van der Waals surface area contributed by atoms with Gasteiger partial charge in [-0.15, -0.1) is 16.4 Å². The fourth-order valence-electron chi connectivity index (χ4n) is 1.78. The van der Waals surface area contributed by atoms with Gasteiger partial charge >= 0.3 is 0 Å². The molecule has 1 N–H and O–H groups in total. The van der Waals surface area contributed by atoms with Crippen molar-refractivity contribution in [1.82, 2.24) is 20.5 Å². The van der Waals surface area contributed by atoms with Crippen LogP contribution in [-0.2, 0) is 13.1 Å². The first-order valence-electron chi connectivity index (χ1n) is 7.03. The topological polar surface area (TPSA) is 53.9 Å². The van der Waals surface area contributed by atoms with E-state index in [-0.39, 0.29) is 5.54 Å². The monoisotopic (exact) mass is 305 g/mol. The molecule has 0 bridgehead atoms. The minimum absolute atomic E-state index is 0.0842. The molecular formula is C15H23N5S. The highest BCUT2D eigenvalue weighted by atomic mass is 32.1. The van der Waals surface area contributed by atoms with E-state index in [0.29, 0.717) is 0 Å². The van der Waals surface area contributed by atoms with Crippen LogP contribution in [0.25, 0.3) is 0 Å². The van der Waals surface area contributed by atoms with Crippen LogP contribution in [0.1, 0.15) is 37.0 Å². The van der Waals surface area contributed by atoms with Gasteiger partial charge in [-0.1, -0.05) is 0 Å². The van der Waals surface area contributed by atoms with Crippen molar-refractivity contribution in [1.29, 1.82) is 0 Å². The first-order valence-corrected chi connectivity index (χ1v) is 7.91. The third-order valence-electron chi connectivity index (χ3n) is 3.12. The SMILES string of the molecule is Cc1ncsc1CN(C)c1ccc(CNC(C)(C)C)nn1. The van der Waals surface area contributed by atoms with Gasteiger partial charge in [0.1, 0.15) is 0 Å². The van der Waals surface area contributed by atoms with E-state index in [1.165, 1.54) is 4.88 Å². The molecular weight excluding hydrogens is 282 g/mol. The fraction of sp³-hybridized carbons (Fsp3) is 0.533. The number of anilines is 1. The van der Waals surface area contributed by atoms with Crippen molar-refractivity contribution in [3.05, 3.63) is 33.9 Å². The van der Waals surface area contributed by atoms with Gasteiger partial charge in [-0.05, 0) is 39.8 Å². The Morgan fingerprint density at radius 2 is 2.00 bits per heavy atom. The highest BCUT2D eigenvalue weighted by Crippen LogP contribution is 2.17. The maximum Gasteiger partial charge on any atom is 0.151 e. The summed E-state index contributed by atoms with van der Waals surface area (Å²) in [6.45, 7) is 9.99. The molecule has 2 heterocycles. The molecule has 21 heavy (non-hydrogen) atoms. The van der Waals surface area contributed by atoms with Crippen LogP contribution in [0.5, 0.6) is 0 Å². The molecule has 0 spiro atoms. The van der Waals surface area contributed by atoms with Crippen LogP contribution in [0, 0.1) is 6.92 Å². The van der Waals surface area contributed by atoms with Crippen LogP contribution in [-0.4, -0.2) is 27.8 Å². The van der Waals surface area contributed by atoms with Gasteiger partial charge in [-0.3, -0.25) is 0 Å². The molecule has 0 amide bonds. The smallest absolute Gasteiger partial charge is 0.151 e. The molecule has 2 rings (SSSR count). The van der Waals surface area contributed by atoms with Crippen molar-refractivity contribution in [3.8, 4) is 0 Å². The van der Waals surface area contributed by atoms with Gasteiger partial charge in [0.15, 0.2) is 5.82 Å². The number of rotatable bonds is 5. The fourth-order valence-corrected chi connectivity index (χ4v) is 2.61. The lowest BCUT2D eigenvalue weighted by Crippen LogP contribution is -2.35. The summed E-state index contributed by atoms with van der Waals surface area (Å²) in [5.41, 5.74) is 4.01. The number of hydrogen-bond donors (Lipinski definition) is 1. The molecule has 0 aliphatic heterocycles. The van der Waals surface area contributed by atoms with Gasteiger partial charge in [-0.25, -0.2) is 4.98 Å². The van der Waals surface area contributed by atoms with Crippen LogP contribution < -0.4 is 10.2 Å². The molecule has 0 atom stereocenters. The van der Waals surface area contributed by atoms with Crippen molar-refractivity contribution in [3.63, 3.8) is 0 Å². The zero-order valence-corrected chi connectivity index (χ0v) is 14.2. The second-order valence-corrected chi connectivity index (χ2v) is 7.14. The standard InChI is InChI=1S/C15H23N5S/c1-11-13(21-10-16-11)9-20(5)14-7-6-12(18-19-14)8-17-15(2,3)4/h6-7,10,17H,8-9H2,1-5H3. The van der Waals surface area contributed by atoms with E-state index >= 15 is 0 Å². The summed E-state index contributed by atoms with van der Waals surface area (Å²) in [6, 6.07) is 4.04. The van der Waals surface area contributed by atoms with Crippen molar-refractivity contribution >= 4 is 17.2 Å². The molecule has 0 radical (unpaired) electrons. The molecule has 2 aromatic rings. The molecule has 6 heteroatoms. The van der Waals surface area contributed by atoms with Crippen molar-refractivity contribution < 1.29 is 0 Å². The van der Waals surface area contributed by atoms with Gasteiger partial charge in [0.05, 0.1) is 23.4 Å². The normalized spacial score (nSPS) is 11.7. The number of nitrogens with one attached hydrogen (secondary N) is 1. The van der Waals surface area contributed by atoms with Crippen LogP contribution >= 0.6 is 11.3 Å². The molecule has 0 saturated heterocycles. The number of aryl methyl sites for hydroxylation is 1. The average molecular weight is 305 g/mol. The van der Waals surface area contributed by atoms with Gasteiger partial charge < -0.3 is 10.2 Å².